The average Bonchev–Trinajstić information content (AvgIpc) is 2.45. The number of benzene rings is 2. The number of carbonyl (C=O) groups is 2. The van der Waals surface area contributed by atoms with Crippen molar-refractivity contribution in [2.24, 2.45) is 0 Å². The normalized spacial score (nSPS) is 10.0. The Hall–Kier alpha value is -2.28. The van der Waals surface area contributed by atoms with E-state index < -0.39 is 23.4 Å². The molecule has 0 heterocycles. The first-order valence-electron chi connectivity index (χ1n) is 5.79. The van der Waals surface area contributed by atoms with Crippen LogP contribution in [0.2, 0.25) is 0 Å². The summed E-state index contributed by atoms with van der Waals surface area (Å²) >= 11 is 3.06. The number of carbonyl (C=O) groups excluding carboxylic acids is 2. The van der Waals surface area contributed by atoms with Crippen molar-refractivity contribution in [1.82, 2.24) is 10.9 Å². The maximum Gasteiger partial charge on any atom is 0.272 e. The highest BCUT2D eigenvalue weighted by molar-refractivity contribution is 9.10. The van der Waals surface area contributed by atoms with Crippen LogP contribution in [0.5, 0.6) is 0 Å². The third kappa shape index (κ3) is 3.63. The predicted octanol–water partition coefficient (Wildman–Crippen LogP) is 2.80. The number of hydrazine groups is 1. The molecule has 2 amide bonds. The van der Waals surface area contributed by atoms with Crippen molar-refractivity contribution in [3.63, 3.8) is 0 Å². The molecule has 0 atom stereocenters. The lowest BCUT2D eigenvalue weighted by Gasteiger charge is -2.08. The van der Waals surface area contributed by atoms with Gasteiger partial charge in [0.1, 0.15) is 11.6 Å². The van der Waals surface area contributed by atoms with Gasteiger partial charge in [0.15, 0.2) is 0 Å². The van der Waals surface area contributed by atoms with Crippen LogP contribution in [0.25, 0.3) is 0 Å². The molecule has 0 spiro atoms. The van der Waals surface area contributed by atoms with Gasteiger partial charge in [0.05, 0.1) is 11.1 Å². The lowest BCUT2D eigenvalue weighted by molar-refractivity contribution is 0.0842. The molecule has 0 aromatic heterocycles. The zero-order valence-electron chi connectivity index (χ0n) is 10.5. The van der Waals surface area contributed by atoms with E-state index in [1.165, 1.54) is 30.3 Å². The Morgan fingerprint density at radius 1 is 0.857 bits per heavy atom. The SMILES string of the molecule is O=C(NNC(=O)c1ccc(Br)cc1F)c1ccccc1F. The molecule has 21 heavy (non-hydrogen) atoms. The van der Waals surface area contributed by atoms with Crippen molar-refractivity contribution in [3.05, 3.63) is 69.7 Å². The van der Waals surface area contributed by atoms with Crippen LogP contribution in [-0.2, 0) is 0 Å². The van der Waals surface area contributed by atoms with Gasteiger partial charge in [-0.15, -0.1) is 0 Å². The van der Waals surface area contributed by atoms with Crippen molar-refractivity contribution in [2.45, 2.75) is 0 Å². The number of nitrogens with one attached hydrogen (secondary N) is 2. The third-order valence-electron chi connectivity index (χ3n) is 2.58. The van der Waals surface area contributed by atoms with Crippen LogP contribution >= 0.6 is 15.9 Å². The van der Waals surface area contributed by atoms with Crippen LogP contribution in [0.4, 0.5) is 8.78 Å². The van der Waals surface area contributed by atoms with E-state index in [2.05, 4.69) is 15.9 Å². The zero-order valence-corrected chi connectivity index (χ0v) is 12.1. The first kappa shape index (κ1) is 15.1. The number of halogens is 3. The number of hydrogen-bond donors (Lipinski definition) is 2. The molecule has 0 aliphatic carbocycles. The van der Waals surface area contributed by atoms with Crippen LogP contribution in [0.1, 0.15) is 20.7 Å². The molecule has 0 unspecified atom stereocenters. The number of hydrogen-bond acceptors (Lipinski definition) is 2. The van der Waals surface area contributed by atoms with Gasteiger partial charge in [0, 0.05) is 4.47 Å². The molecule has 2 aromatic rings. The molecule has 0 saturated carbocycles. The van der Waals surface area contributed by atoms with E-state index in [-0.39, 0.29) is 11.1 Å². The molecule has 2 rings (SSSR count). The van der Waals surface area contributed by atoms with Crippen molar-refractivity contribution in [2.75, 3.05) is 0 Å². The minimum absolute atomic E-state index is 0.228. The maximum absolute atomic E-state index is 13.5. The topological polar surface area (TPSA) is 58.2 Å². The molecule has 0 radical (unpaired) electrons. The highest BCUT2D eigenvalue weighted by Gasteiger charge is 2.15. The first-order valence-corrected chi connectivity index (χ1v) is 6.58. The molecule has 0 aliphatic heterocycles. The summed E-state index contributed by atoms with van der Waals surface area (Å²) in [5, 5.41) is 0. The summed E-state index contributed by atoms with van der Waals surface area (Å²) in [5.41, 5.74) is 3.58. The summed E-state index contributed by atoms with van der Waals surface area (Å²) in [6.07, 6.45) is 0. The fraction of sp³-hybridized carbons (Fsp3) is 0. The Labute approximate surface area is 127 Å². The van der Waals surface area contributed by atoms with Gasteiger partial charge in [-0.1, -0.05) is 28.1 Å². The highest BCUT2D eigenvalue weighted by atomic mass is 79.9. The molecule has 4 nitrogen and oxygen atoms in total. The Morgan fingerprint density at radius 2 is 1.43 bits per heavy atom. The summed E-state index contributed by atoms with van der Waals surface area (Å²) in [6, 6.07) is 9.15. The summed E-state index contributed by atoms with van der Waals surface area (Å²) in [5.74, 6) is -3.15. The molecule has 0 saturated heterocycles. The van der Waals surface area contributed by atoms with Gasteiger partial charge < -0.3 is 0 Å². The van der Waals surface area contributed by atoms with E-state index in [1.54, 1.807) is 0 Å². The van der Waals surface area contributed by atoms with Crippen LogP contribution in [0.15, 0.2) is 46.9 Å². The summed E-state index contributed by atoms with van der Waals surface area (Å²) in [6.45, 7) is 0. The quantitative estimate of drug-likeness (QED) is 0.814. The van der Waals surface area contributed by atoms with Gasteiger partial charge >= 0.3 is 0 Å². The van der Waals surface area contributed by atoms with Gasteiger partial charge in [-0.2, -0.15) is 0 Å². The van der Waals surface area contributed by atoms with Crippen LogP contribution in [0, 0.1) is 11.6 Å². The largest absolute Gasteiger partial charge is 0.272 e. The molecule has 0 aliphatic rings. The van der Waals surface area contributed by atoms with Crippen molar-refractivity contribution in [1.29, 1.82) is 0 Å². The van der Waals surface area contributed by atoms with Crippen LogP contribution in [0.3, 0.4) is 0 Å². The Bertz CT molecular complexity index is 707. The van der Waals surface area contributed by atoms with Crippen molar-refractivity contribution < 1.29 is 18.4 Å². The third-order valence-corrected chi connectivity index (χ3v) is 3.08. The van der Waals surface area contributed by atoms with Crippen LogP contribution in [-0.4, -0.2) is 11.8 Å². The molecular formula is C14H9BrF2N2O2. The predicted molar refractivity (Wildman–Crippen MR) is 75.4 cm³/mol. The van der Waals surface area contributed by atoms with E-state index in [4.69, 9.17) is 0 Å². The monoisotopic (exact) mass is 354 g/mol. The average molecular weight is 355 g/mol. The number of rotatable bonds is 2. The van der Waals surface area contributed by atoms with Crippen molar-refractivity contribution >= 4 is 27.7 Å². The summed E-state index contributed by atoms with van der Waals surface area (Å²) in [7, 11) is 0. The van der Waals surface area contributed by atoms with E-state index in [1.807, 2.05) is 10.9 Å². The second-order valence-electron chi connectivity index (χ2n) is 4.01. The smallest absolute Gasteiger partial charge is 0.267 e. The Kier molecular flexibility index (Phi) is 4.64. The summed E-state index contributed by atoms with van der Waals surface area (Å²) in [4.78, 5) is 23.4. The Balaban J connectivity index is 2.04. The van der Waals surface area contributed by atoms with E-state index >= 15 is 0 Å². The fourth-order valence-electron chi connectivity index (χ4n) is 1.57. The van der Waals surface area contributed by atoms with Crippen molar-refractivity contribution in [3.8, 4) is 0 Å². The molecule has 0 fully saturated rings. The first-order chi connectivity index (χ1) is 9.99. The molecule has 108 valence electrons. The standard InChI is InChI=1S/C14H9BrF2N2O2/c15-8-5-6-10(12(17)7-8)14(21)19-18-13(20)9-3-1-2-4-11(9)16/h1-7H,(H,18,20)(H,19,21). The summed E-state index contributed by atoms with van der Waals surface area (Å²) < 4.78 is 27.4. The van der Waals surface area contributed by atoms with E-state index in [0.29, 0.717) is 4.47 Å². The molecule has 2 N–H and O–H groups in total. The lowest BCUT2D eigenvalue weighted by Crippen LogP contribution is -2.42. The highest BCUT2D eigenvalue weighted by Crippen LogP contribution is 2.15. The molecular weight excluding hydrogens is 346 g/mol. The molecule has 0 bridgehead atoms. The fourth-order valence-corrected chi connectivity index (χ4v) is 1.90. The van der Waals surface area contributed by atoms with Gasteiger partial charge in [-0.25, -0.2) is 8.78 Å². The van der Waals surface area contributed by atoms with Gasteiger partial charge in [0.2, 0.25) is 0 Å². The van der Waals surface area contributed by atoms with E-state index in [9.17, 15) is 18.4 Å². The van der Waals surface area contributed by atoms with E-state index in [0.717, 1.165) is 12.1 Å². The van der Waals surface area contributed by atoms with Gasteiger partial charge in [-0.05, 0) is 30.3 Å². The van der Waals surface area contributed by atoms with Crippen LogP contribution < -0.4 is 10.9 Å². The molecule has 2 aromatic carbocycles. The zero-order chi connectivity index (χ0) is 15.4. The number of amides is 2. The second-order valence-corrected chi connectivity index (χ2v) is 4.93. The minimum Gasteiger partial charge on any atom is -0.267 e. The lowest BCUT2D eigenvalue weighted by atomic mass is 10.2. The second kappa shape index (κ2) is 6.45. The molecule has 7 heteroatoms. The van der Waals surface area contributed by atoms with Gasteiger partial charge in [0.25, 0.3) is 11.8 Å². The van der Waals surface area contributed by atoms with Gasteiger partial charge in [-0.3, -0.25) is 20.4 Å². The maximum atomic E-state index is 13.5. The Morgan fingerprint density at radius 3 is 2.00 bits per heavy atom. The minimum atomic E-state index is -0.843.